The molecule has 0 saturated carbocycles. The maximum atomic E-state index is 13.1. The van der Waals surface area contributed by atoms with Crippen molar-refractivity contribution in [2.24, 2.45) is 7.05 Å². The predicted molar refractivity (Wildman–Crippen MR) is 127 cm³/mol. The van der Waals surface area contributed by atoms with Gasteiger partial charge in [0.05, 0.1) is 28.2 Å². The third kappa shape index (κ3) is 4.10. The Morgan fingerprint density at radius 1 is 1.09 bits per heavy atom. The lowest BCUT2D eigenvalue weighted by molar-refractivity contribution is 0.0954. The monoisotopic (exact) mass is 470 g/mol. The molecule has 1 aromatic carbocycles. The molecule has 0 atom stereocenters. The van der Waals surface area contributed by atoms with E-state index in [1.165, 1.54) is 0 Å². The van der Waals surface area contributed by atoms with Gasteiger partial charge < -0.3 is 5.32 Å². The number of hydrogen-bond donors (Lipinski definition) is 1. The van der Waals surface area contributed by atoms with Gasteiger partial charge in [0.25, 0.3) is 5.91 Å². The molecule has 166 valence electrons. The summed E-state index contributed by atoms with van der Waals surface area (Å²) >= 11 is 12.3. The lowest BCUT2D eigenvalue weighted by Gasteiger charge is -2.11. The number of carbonyl (C=O) groups is 1. The van der Waals surface area contributed by atoms with Crippen LogP contribution in [-0.2, 0) is 13.6 Å². The normalized spacial score (nSPS) is 11.3. The highest BCUT2D eigenvalue weighted by molar-refractivity contribution is 6.41. The minimum Gasteiger partial charge on any atom is -0.352 e. The Morgan fingerprint density at radius 2 is 1.84 bits per heavy atom. The van der Waals surface area contributed by atoms with E-state index in [9.17, 15) is 4.79 Å². The first-order chi connectivity index (χ1) is 15.3. The third-order valence-electron chi connectivity index (χ3n) is 5.55. The Morgan fingerprint density at radius 3 is 2.50 bits per heavy atom. The molecular formula is C23H24Cl2N6O. The van der Waals surface area contributed by atoms with Gasteiger partial charge in [0.1, 0.15) is 10.2 Å². The van der Waals surface area contributed by atoms with Crippen molar-refractivity contribution >= 4 is 40.0 Å². The van der Waals surface area contributed by atoms with Crippen LogP contribution in [0.2, 0.25) is 10.2 Å². The number of nitrogens with one attached hydrogen (secondary N) is 1. The molecule has 9 heteroatoms. The van der Waals surface area contributed by atoms with Crippen molar-refractivity contribution < 1.29 is 4.79 Å². The smallest absolute Gasteiger partial charge is 0.252 e. The molecule has 7 nitrogen and oxygen atoms in total. The van der Waals surface area contributed by atoms with Gasteiger partial charge in [-0.25, -0.2) is 4.98 Å². The van der Waals surface area contributed by atoms with Crippen LogP contribution in [0.1, 0.15) is 33.9 Å². The fourth-order valence-electron chi connectivity index (χ4n) is 3.84. The molecular weight excluding hydrogens is 447 g/mol. The minimum atomic E-state index is -0.148. The van der Waals surface area contributed by atoms with E-state index in [2.05, 4.69) is 15.5 Å². The van der Waals surface area contributed by atoms with E-state index in [0.29, 0.717) is 40.9 Å². The van der Waals surface area contributed by atoms with E-state index in [4.69, 9.17) is 28.2 Å². The van der Waals surface area contributed by atoms with Gasteiger partial charge in [-0.3, -0.25) is 14.2 Å². The van der Waals surface area contributed by atoms with Crippen molar-refractivity contribution in [3.63, 3.8) is 0 Å². The molecule has 0 unspecified atom stereocenters. The average Bonchev–Trinajstić information content (AvgIpc) is 3.18. The van der Waals surface area contributed by atoms with Crippen LogP contribution in [0, 0.1) is 20.8 Å². The summed E-state index contributed by atoms with van der Waals surface area (Å²) in [6, 6.07) is 9.51. The lowest BCUT2D eigenvalue weighted by Crippen LogP contribution is -2.25. The molecule has 4 rings (SSSR count). The zero-order chi connectivity index (χ0) is 23.0. The van der Waals surface area contributed by atoms with Crippen LogP contribution < -0.4 is 5.32 Å². The van der Waals surface area contributed by atoms with Crippen LogP contribution in [0.3, 0.4) is 0 Å². The third-order valence-corrected chi connectivity index (χ3v) is 6.49. The molecule has 3 heterocycles. The van der Waals surface area contributed by atoms with Crippen LogP contribution in [0.15, 0.2) is 30.3 Å². The fourth-order valence-corrected chi connectivity index (χ4v) is 4.24. The minimum absolute atomic E-state index is 0.148. The Bertz CT molecular complexity index is 1320. The molecule has 0 spiro atoms. The van der Waals surface area contributed by atoms with E-state index in [1.807, 2.05) is 62.8 Å². The summed E-state index contributed by atoms with van der Waals surface area (Å²) in [6.45, 7) is 6.80. The molecule has 3 aromatic heterocycles. The summed E-state index contributed by atoms with van der Waals surface area (Å²) in [7, 11) is 1.90. The summed E-state index contributed by atoms with van der Waals surface area (Å²) in [5, 5.41) is 13.5. The molecule has 0 saturated heterocycles. The molecule has 32 heavy (non-hydrogen) atoms. The number of aromatic nitrogens is 5. The number of fused-ring (bicyclic) bond motifs is 1. The van der Waals surface area contributed by atoms with Gasteiger partial charge >= 0.3 is 0 Å². The number of benzene rings is 1. The number of halogens is 2. The fraction of sp³-hybridized carbons (Fsp3) is 0.304. The average molecular weight is 471 g/mol. The van der Waals surface area contributed by atoms with Gasteiger partial charge in [-0.15, -0.1) is 0 Å². The number of rotatable bonds is 6. The van der Waals surface area contributed by atoms with Crippen molar-refractivity contribution in [1.29, 1.82) is 0 Å². The largest absolute Gasteiger partial charge is 0.352 e. The van der Waals surface area contributed by atoms with Gasteiger partial charge in [-0.1, -0.05) is 41.4 Å². The van der Waals surface area contributed by atoms with Crippen molar-refractivity contribution in [2.45, 2.75) is 33.7 Å². The highest BCUT2D eigenvalue weighted by atomic mass is 35.5. The van der Waals surface area contributed by atoms with Crippen molar-refractivity contribution in [1.82, 2.24) is 29.9 Å². The second-order valence-corrected chi connectivity index (χ2v) is 8.50. The number of para-hydroxylation sites is 1. The quantitative estimate of drug-likeness (QED) is 0.407. The summed E-state index contributed by atoms with van der Waals surface area (Å²) in [5.74, 6) is -0.148. The number of amides is 1. The van der Waals surface area contributed by atoms with Crippen LogP contribution in [0.25, 0.3) is 22.2 Å². The van der Waals surface area contributed by atoms with Crippen LogP contribution in [0.5, 0.6) is 0 Å². The SMILES string of the molecule is Cc1nn(CCCNC(=O)c2cc(-c3c(C)nn(C)c3C)nc3ccccc23)c(Cl)c1Cl. The first-order valence-corrected chi connectivity index (χ1v) is 11.1. The number of carbonyl (C=O) groups excluding carboxylic acids is 1. The standard InChI is InChI=1S/C23H24Cl2N6O/c1-13-20(15(3)30(4)28-13)19-12-17(16-8-5-6-9-18(16)27-19)23(32)26-10-7-11-31-22(25)21(24)14(2)29-31/h5-6,8-9,12H,7,10-11H2,1-4H3,(H,26,32). The molecule has 0 aliphatic rings. The van der Waals surface area contributed by atoms with Crippen LogP contribution >= 0.6 is 23.2 Å². The van der Waals surface area contributed by atoms with Crippen LogP contribution in [-0.4, -0.2) is 37.0 Å². The lowest BCUT2D eigenvalue weighted by atomic mass is 10.0. The number of aryl methyl sites for hydroxylation is 4. The first kappa shape index (κ1) is 22.3. The highest BCUT2D eigenvalue weighted by Gasteiger charge is 2.18. The maximum Gasteiger partial charge on any atom is 0.252 e. The maximum absolute atomic E-state index is 13.1. The predicted octanol–water partition coefficient (Wildman–Crippen LogP) is 4.88. The van der Waals surface area contributed by atoms with E-state index >= 15 is 0 Å². The Labute approximate surface area is 196 Å². The molecule has 0 bridgehead atoms. The topological polar surface area (TPSA) is 77.6 Å². The van der Waals surface area contributed by atoms with Crippen LogP contribution in [0.4, 0.5) is 0 Å². The Hall–Kier alpha value is -2.90. The summed E-state index contributed by atoms with van der Waals surface area (Å²) in [4.78, 5) is 17.9. The van der Waals surface area contributed by atoms with E-state index in [-0.39, 0.29) is 5.91 Å². The van der Waals surface area contributed by atoms with Crippen molar-refractivity contribution in [2.75, 3.05) is 6.54 Å². The summed E-state index contributed by atoms with van der Waals surface area (Å²) in [6.07, 6.45) is 0.666. The number of pyridine rings is 1. The van der Waals surface area contributed by atoms with E-state index in [0.717, 1.165) is 33.5 Å². The molecule has 1 N–H and O–H groups in total. The summed E-state index contributed by atoms with van der Waals surface area (Å²) in [5.41, 5.74) is 5.62. The van der Waals surface area contributed by atoms with Crippen molar-refractivity contribution in [3.05, 3.63) is 63.2 Å². The van der Waals surface area contributed by atoms with Gasteiger partial charge in [-0.05, 0) is 39.3 Å². The molecule has 4 aromatic rings. The highest BCUT2D eigenvalue weighted by Crippen LogP contribution is 2.29. The van der Waals surface area contributed by atoms with E-state index in [1.54, 1.807) is 4.68 Å². The zero-order valence-electron chi connectivity index (χ0n) is 18.4. The molecule has 1 amide bonds. The van der Waals surface area contributed by atoms with Crippen molar-refractivity contribution in [3.8, 4) is 11.3 Å². The summed E-state index contributed by atoms with van der Waals surface area (Å²) < 4.78 is 3.48. The Balaban J connectivity index is 1.57. The van der Waals surface area contributed by atoms with Gasteiger partial charge in [0.15, 0.2) is 0 Å². The first-order valence-electron chi connectivity index (χ1n) is 10.3. The van der Waals surface area contributed by atoms with Gasteiger partial charge in [0, 0.05) is 36.8 Å². The van der Waals surface area contributed by atoms with E-state index < -0.39 is 0 Å². The van der Waals surface area contributed by atoms with Gasteiger partial charge in [0.2, 0.25) is 0 Å². The zero-order valence-corrected chi connectivity index (χ0v) is 19.9. The molecule has 0 aliphatic heterocycles. The number of nitrogens with zero attached hydrogens (tertiary/aromatic N) is 5. The second kappa shape index (κ2) is 8.92. The molecule has 0 radical (unpaired) electrons. The Kier molecular flexibility index (Phi) is 6.22. The molecule has 0 aliphatic carbocycles. The second-order valence-electron chi connectivity index (χ2n) is 7.76. The molecule has 0 fully saturated rings. The number of hydrogen-bond acceptors (Lipinski definition) is 4. The van der Waals surface area contributed by atoms with Gasteiger partial charge in [-0.2, -0.15) is 10.2 Å².